The molecule has 0 bridgehead atoms. The summed E-state index contributed by atoms with van der Waals surface area (Å²) in [6.45, 7) is 2.28. The SMILES string of the molecule is CN(C)C(=O)c1ccc(-c2cnc(N3CCC[C@]4(CCN([C@H]5CC[C@@H](O)CC5)C4=O)C3)c(Cl)c2)cc1. The number of halogens is 1. The van der Waals surface area contributed by atoms with Gasteiger partial charge in [-0.2, -0.15) is 0 Å². The van der Waals surface area contributed by atoms with E-state index in [0.717, 1.165) is 75.0 Å². The number of benzene rings is 1. The van der Waals surface area contributed by atoms with Crippen molar-refractivity contribution in [1.29, 1.82) is 0 Å². The van der Waals surface area contributed by atoms with Crippen LogP contribution < -0.4 is 4.90 Å². The van der Waals surface area contributed by atoms with Gasteiger partial charge in [-0.25, -0.2) is 4.98 Å². The van der Waals surface area contributed by atoms with Crippen LogP contribution in [0.2, 0.25) is 5.02 Å². The number of hydrogen-bond donors (Lipinski definition) is 1. The number of likely N-dealkylation sites (tertiary alicyclic amines) is 1. The van der Waals surface area contributed by atoms with E-state index in [1.165, 1.54) is 0 Å². The van der Waals surface area contributed by atoms with Crippen LogP contribution in [0, 0.1) is 5.41 Å². The maximum atomic E-state index is 13.6. The number of aromatic nitrogens is 1. The number of anilines is 1. The molecule has 36 heavy (non-hydrogen) atoms. The first-order valence-electron chi connectivity index (χ1n) is 13.0. The summed E-state index contributed by atoms with van der Waals surface area (Å²) < 4.78 is 0. The summed E-state index contributed by atoms with van der Waals surface area (Å²) in [6.07, 6.45) is 7.68. The van der Waals surface area contributed by atoms with Crippen molar-refractivity contribution in [3.63, 3.8) is 0 Å². The molecule has 0 radical (unpaired) electrons. The number of carbonyl (C=O) groups is 2. The van der Waals surface area contributed by atoms with Gasteiger partial charge in [-0.1, -0.05) is 23.7 Å². The molecule has 2 aromatic rings. The van der Waals surface area contributed by atoms with E-state index < -0.39 is 0 Å². The lowest BCUT2D eigenvalue weighted by Gasteiger charge is -2.41. The summed E-state index contributed by atoms with van der Waals surface area (Å²) >= 11 is 6.75. The average molecular weight is 511 g/mol. The van der Waals surface area contributed by atoms with Crippen LogP contribution in [-0.4, -0.2) is 77.6 Å². The molecule has 1 N–H and O–H groups in total. The number of rotatable bonds is 4. The zero-order valence-corrected chi connectivity index (χ0v) is 21.9. The van der Waals surface area contributed by atoms with Crippen LogP contribution in [0.25, 0.3) is 11.1 Å². The number of piperidine rings is 1. The van der Waals surface area contributed by atoms with Crippen LogP contribution in [0.15, 0.2) is 36.5 Å². The first-order chi connectivity index (χ1) is 17.3. The maximum absolute atomic E-state index is 13.6. The summed E-state index contributed by atoms with van der Waals surface area (Å²) in [7, 11) is 3.47. The molecule has 3 fully saturated rings. The molecule has 192 valence electrons. The Morgan fingerprint density at radius 1 is 1.08 bits per heavy atom. The summed E-state index contributed by atoms with van der Waals surface area (Å²) in [5.74, 6) is 0.966. The number of aliphatic hydroxyl groups is 1. The smallest absolute Gasteiger partial charge is 0.253 e. The molecule has 1 aromatic heterocycles. The Morgan fingerprint density at radius 3 is 2.47 bits per heavy atom. The summed E-state index contributed by atoms with van der Waals surface area (Å²) in [5, 5.41) is 10.4. The van der Waals surface area contributed by atoms with E-state index in [9.17, 15) is 14.7 Å². The van der Waals surface area contributed by atoms with E-state index in [0.29, 0.717) is 17.1 Å². The molecule has 3 heterocycles. The van der Waals surface area contributed by atoms with Crippen molar-refractivity contribution in [3.8, 4) is 11.1 Å². The Hall–Kier alpha value is -2.64. The van der Waals surface area contributed by atoms with Gasteiger partial charge in [0, 0.05) is 57.1 Å². The number of carbonyl (C=O) groups excluding carboxylic acids is 2. The Balaban J connectivity index is 1.30. The van der Waals surface area contributed by atoms with E-state index in [1.807, 2.05) is 36.5 Å². The predicted octanol–water partition coefficient (Wildman–Crippen LogP) is 4.23. The topological polar surface area (TPSA) is 77.0 Å². The lowest BCUT2D eigenvalue weighted by atomic mass is 9.78. The number of amides is 2. The van der Waals surface area contributed by atoms with Crippen LogP contribution in [0.5, 0.6) is 0 Å². The molecule has 2 saturated heterocycles. The quantitative estimate of drug-likeness (QED) is 0.666. The van der Waals surface area contributed by atoms with E-state index in [-0.39, 0.29) is 29.4 Å². The summed E-state index contributed by atoms with van der Waals surface area (Å²) in [6, 6.07) is 9.64. The maximum Gasteiger partial charge on any atom is 0.253 e. The summed E-state index contributed by atoms with van der Waals surface area (Å²) in [5.41, 5.74) is 2.10. The van der Waals surface area contributed by atoms with Gasteiger partial charge in [0.25, 0.3) is 5.91 Å². The number of hydrogen-bond acceptors (Lipinski definition) is 5. The molecule has 1 aliphatic carbocycles. The third-order valence-electron chi connectivity index (χ3n) is 8.22. The van der Waals surface area contributed by atoms with Crippen molar-refractivity contribution in [3.05, 3.63) is 47.1 Å². The Morgan fingerprint density at radius 2 is 1.81 bits per heavy atom. The van der Waals surface area contributed by atoms with Gasteiger partial charge in [-0.3, -0.25) is 9.59 Å². The molecule has 2 amide bonds. The Labute approximate surface area is 218 Å². The van der Waals surface area contributed by atoms with Gasteiger partial charge in [0.05, 0.1) is 16.5 Å². The zero-order chi connectivity index (χ0) is 25.4. The Bertz CT molecular complexity index is 1130. The third kappa shape index (κ3) is 4.71. The van der Waals surface area contributed by atoms with Crippen LogP contribution in [0.4, 0.5) is 5.82 Å². The normalized spacial score (nSPS) is 26.5. The van der Waals surface area contributed by atoms with E-state index in [1.54, 1.807) is 19.0 Å². The van der Waals surface area contributed by atoms with Gasteiger partial charge in [0.2, 0.25) is 5.91 Å². The predicted molar refractivity (Wildman–Crippen MR) is 141 cm³/mol. The van der Waals surface area contributed by atoms with E-state index >= 15 is 0 Å². The highest BCUT2D eigenvalue weighted by Crippen LogP contribution is 2.44. The van der Waals surface area contributed by atoms with Crippen molar-refractivity contribution in [2.45, 2.75) is 57.1 Å². The van der Waals surface area contributed by atoms with Crippen molar-refractivity contribution >= 4 is 29.2 Å². The summed E-state index contributed by atoms with van der Waals surface area (Å²) in [4.78, 5) is 36.4. The highest BCUT2D eigenvalue weighted by Gasteiger charge is 2.51. The number of pyridine rings is 1. The van der Waals surface area contributed by atoms with Crippen LogP contribution >= 0.6 is 11.6 Å². The molecule has 8 heteroatoms. The first kappa shape index (κ1) is 25.0. The second-order valence-corrected chi connectivity index (χ2v) is 11.2. The van der Waals surface area contributed by atoms with Gasteiger partial charge < -0.3 is 19.8 Å². The van der Waals surface area contributed by atoms with Gasteiger partial charge in [-0.15, -0.1) is 0 Å². The second-order valence-electron chi connectivity index (χ2n) is 10.8. The lowest BCUT2D eigenvalue weighted by Crippen LogP contribution is -2.50. The van der Waals surface area contributed by atoms with Crippen LogP contribution in [0.1, 0.15) is 55.3 Å². The van der Waals surface area contributed by atoms with Crippen molar-refractivity contribution in [2.24, 2.45) is 5.41 Å². The zero-order valence-electron chi connectivity index (χ0n) is 21.1. The van der Waals surface area contributed by atoms with Gasteiger partial charge in [0.1, 0.15) is 5.82 Å². The molecule has 1 spiro atoms. The van der Waals surface area contributed by atoms with Gasteiger partial charge >= 0.3 is 0 Å². The highest BCUT2D eigenvalue weighted by atomic mass is 35.5. The first-order valence-corrected chi connectivity index (χ1v) is 13.4. The van der Waals surface area contributed by atoms with E-state index in [4.69, 9.17) is 16.6 Å². The standard InChI is InChI=1S/C28H35ClN4O3/c1-31(2)26(35)20-6-4-19(5-7-20)21-16-24(29)25(30-17-21)32-14-3-12-28(18-32)13-15-33(27(28)36)22-8-10-23(34)11-9-22/h4-7,16-17,22-23,34H,3,8-15,18H2,1-2H3/t22-,23+,28-/m0/s1. The highest BCUT2D eigenvalue weighted by molar-refractivity contribution is 6.33. The molecule has 1 saturated carbocycles. The fraction of sp³-hybridized carbons (Fsp3) is 0.536. The lowest BCUT2D eigenvalue weighted by molar-refractivity contribution is -0.139. The molecule has 7 nitrogen and oxygen atoms in total. The number of aliphatic hydroxyl groups excluding tert-OH is 1. The van der Waals surface area contributed by atoms with Crippen LogP contribution in [0.3, 0.4) is 0 Å². The minimum Gasteiger partial charge on any atom is -0.393 e. The molecule has 1 atom stereocenters. The van der Waals surface area contributed by atoms with E-state index in [2.05, 4.69) is 9.80 Å². The fourth-order valence-corrected chi connectivity index (χ4v) is 6.43. The molecular formula is C28H35ClN4O3. The Kier molecular flexibility index (Phi) is 6.97. The molecule has 2 aliphatic heterocycles. The second kappa shape index (κ2) is 10.0. The van der Waals surface area contributed by atoms with Gasteiger partial charge in [-0.05, 0) is 68.7 Å². The van der Waals surface area contributed by atoms with Crippen molar-refractivity contribution in [1.82, 2.24) is 14.8 Å². The largest absolute Gasteiger partial charge is 0.393 e. The minimum absolute atomic E-state index is 0.0341. The third-order valence-corrected chi connectivity index (χ3v) is 8.50. The molecule has 1 aromatic carbocycles. The molecular weight excluding hydrogens is 476 g/mol. The molecule has 5 rings (SSSR count). The van der Waals surface area contributed by atoms with Gasteiger partial charge in [0.15, 0.2) is 0 Å². The van der Waals surface area contributed by atoms with Crippen molar-refractivity contribution in [2.75, 3.05) is 38.6 Å². The van der Waals surface area contributed by atoms with Crippen LogP contribution in [-0.2, 0) is 4.79 Å². The molecule has 0 unspecified atom stereocenters. The average Bonchev–Trinajstić information content (AvgIpc) is 3.19. The minimum atomic E-state index is -0.368. The van der Waals surface area contributed by atoms with Crippen molar-refractivity contribution < 1.29 is 14.7 Å². The molecule has 3 aliphatic rings. The monoisotopic (exact) mass is 510 g/mol. The number of nitrogens with zero attached hydrogens (tertiary/aromatic N) is 4. The fourth-order valence-electron chi connectivity index (χ4n) is 6.14.